The lowest BCUT2D eigenvalue weighted by molar-refractivity contribution is 0.128. The van der Waals surface area contributed by atoms with Crippen LogP contribution in [0.25, 0.3) is 0 Å². The highest BCUT2D eigenvalue weighted by atomic mass is 79.9. The standard InChI is InChI=1S/C10H12BrF2N.ClH/c1-6-2-3-7(8(11)4-6)9(14)5-10(12)13;/h2-4,9-10H,5,14H2,1H3;1H/t9-;/m0./s1. The average molecular weight is 301 g/mol. The normalized spacial score (nSPS) is 12.4. The first kappa shape index (κ1) is 14.8. The van der Waals surface area contributed by atoms with E-state index in [-0.39, 0.29) is 18.8 Å². The number of hydrogen-bond acceptors (Lipinski definition) is 1. The molecule has 0 heterocycles. The molecule has 0 bridgehead atoms. The van der Waals surface area contributed by atoms with E-state index in [2.05, 4.69) is 15.9 Å². The van der Waals surface area contributed by atoms with Gasteiger partial charge in [-0.3, -0.25) is 0 Å². The third-order valence-electron chi connectivity index (χ3n) is 1.99. The van der Waals surface area contributed by atoms with E-state index >= 15 is 0 Å². The van der Waals surface area contributed by atoms with Crippen molar-refractivity contribution < 1.29 is 8.78 Å². The summed E-state index contributed by atoms with van der Waals surface area (Å²) in [5.74, 6) is 0. The Morgan fingerprint density at radius 3 is 2.47 bits per heavy atom. The minimum atomic E-state index is -2.36. The van der Waals surface area contributed by atoms with Gasteiger partial charge < -0.3 is 5.73 Å². The van der Waals surface area contributed by atoms with E-state index in [1.165, 1.54) is 0 Å². The van der Waals surface area contributed by atoms with Gasteiger partial charge in [-0.25, -0.2) is 8.78 Å². The molecule has 2 N–H and O–H groups in total. The number of alkyl halides is 2. The van der Waals surface area contributed by atoms with Gasteiger partial charge in [0.05, 0.1) is 0 Å². The summed E-state index contributed by atoms with van der Waals surface area (Å²) in [6.45, 7) is 1.94. The van der Waals surface area contributed by atoms with E-state index in [9.17, 15) is 8.78 Å². The molecule has 0 aliphatic heterocycles. The molecular weight excluding hydrogens is 287 g/mol. The largest absolute Gasteiger partial charge is 0.324 e. The lowest BCUT2D eigenvalue weighted by Crippen LogP contribution is -2.14. The van der Waals surface area contributed by atoms with E-state index < -0.39 is 12.5 Å². The van der Waals surface area contributed by atoms with Crippen molar-refractivity contribution in [2.75, 3.05) is 0 Å². The molecule has 15 heavy (non-hydrogen) atoms. The van der Waals surface area contributed by atoms with Crippen LogP contribution in [-0.4, -0.2) is 6.43 Å². The Morgan fingerprint density at radius 2 is 2.00 bits per heavy atom. The SMILES string of the molecule is Cc1ccc([C@@H](N)CC(F)F)c(Br)c1.Cl. The molecular formula is C10H13BrClF2N. The van der Waals surface area contributed by atoms with E-state index in [0.717, 1.165) is 15.6 Å². The molecule has 0 saturated heterocycles. The first-order valence-corrected chi connectivity index (χ1v) is 5.09. The molecule has 0 aliphatic rings. The highest BCUT2D eigenvalue weighted by Crippen LogP contribution is 2.26. The molecule has 0 saturated carbocycles. The summed E-state index contributed by atoms with van der Waals surface area (Å²) in [5.41, 5.74) is 7.44. The first-order chi connectivity index (χ1) is 6.50. The maximum Gasteiger partial charge on any atom is 0.240 e. The number of hydrogen-bond donors (Lipinski definition) is 1. The summed E-state index contributed by atoms with van der Waals surface area (Å²) in [5, 5.41) is 0. The Balaban J connectivity index is 0.00000196. The van der Waals surface area contributed by atoms with Gasteiger partial charge in [0.1, 0.15) is 0 Å². The molecule has 1 aromatic carbocycles. The summed E-state index contributed by atoms with van der Waals surface area (Å²) in [4.78, 5) is 0. The van der Waals surface area contributed by atoms with E-state index in [0.29, 0.717) is 0 Å². The monoisotopic (exact) mass is 299 g/mol. The molecule has 0 fully saturated rings. The Hall–Kier alpha value is -0.190. The summed E-state index contributed by atoms with van der Waals surface area (Å²) in [6.07, 6.45) is -2.67. The zero-order chi connectivity index (χ0) is 10.7. The number of nitrogens with two attached hydrogens (primary N) is 1. The minimum absolute atomic E-state index is 0. The van der Waals surface area contributed by atoms with Crippen LogP contribution in [0.2, 0.25) is 0 Å². The quantitative estimate of drug-likeness (QED) is 0.902. The van der Waals surface area contributed by atoms with Crippen LogP contribution in [0.15, 0.2) is 22.7 Å². The van der Waals surface area contributed by atoms with Crippen LogP contribution in [0, 0.1) is 6.92 Å². The molecule has 0 radical (unpaired) electrons. The molecule has 1 rings (SSSR count). The Kier molecular flexibility index (Phi) is 6.32. The average Bonchev–Trinajstić information content (AvgIpc) is 2.01. The number of benzene rings is 1. The fourth-order valence-corrected chi connectivity index (χ4v) is 2.04. The molecule has 1 aromatic rings. The molecule has 0 aromatic heterocycles. The molecule has 0 aliphatic carbocycles. The van der Waals surface area contributed by atoms with Gasteiger partial charge in [-0.2, -0.15) is 0 Å². The smallest absolute Gasteiger partial charge is 0.240 e. The fraction of sp³-hybridized carbons (Fsp3) is 0.400. The van der Waals surface area contributed by atoms with Crippen molar-refractivity contribution in [2.24, 2.45) is 5.73 Å². The predicted molar refractivity (Wildman–Crippen MR) is 63.7 cm³/mol. The van der Waals surface area contributed by atoms with Crippen LogP contribution in [0.5, 0.6) is 0 Å². The van der Waals surface area contributed by atoms with Crippen LogP contribution < -0.4 is 5.73 Å². The molecule has 0 unspecified atom stereocenters. The molecule has 1 atom stereocenters. The predicted octanol–water partition coefficient (Wildman–Crippen LogP) is 3.83. The zero-order valence-corrected chi connectivity index (χ0v) is 10.6. The molecule has 86 valence electrons. The second kappa shape index (κ2) is 6.40. The third kappa shape index (κ3) is 4.45. The van der Waals surface area contributed by atoms with Crippen molar-refractivity contribution in [3.8, 4) is 0 Å². The summed E-state index contributed by atoms with van der Waals surface area (Å²) >= 11 is 3.31. The van der Waals surface area contributed by atoms with Crippen molar-refractivity contribution >= 4 is 28.3 Å². The summed E-state index contributed by atoms with van der Waals surface area (Å²) < 4.78 is 25.0. The van der Waals surface area contributed by atoms with Crippen LogP contribution in [0.3, 0.4) is 0 Å². The first-order valence-electron chi connectivity index (χ1n) is 4.30. The van der Waals surface area contributed by atoms with E-state index in [1.807, 2.05) is 19.1 Å². The van der Waals surface area contributed by atoms with E-state index in [4.69, 9.17) is 5.73 Å². The Labute approximate surface area is 103 Å². The lowest BCUT2D eigenvalue weighted by Gasteiger charge is -2.13. The van der Waals surface area contributed by atoms with Crippen LogP contribution in [-0.2, 0) is 0 Å². The van der Waals surface area contributed by atoms with Gasteiger partial charge in [-0.05, 0) is 24.1 Å². The second-order valence-electron chi connectivity index (χ2n) is 3.26. The van der Waals surface area contributed by atoms with Gasteiger partial charge in [-0.1, -0.05) is 28.1 Å². The van der Waals surface area contributed by atoms with Gasteiger partial charge in [-0.15, -0.1) is 12.4 Å². The van der Waals surface area contributed by atoms with Crippen LogP contribution in [0.4, 0.5) is 8.78 Å². The van der Waals surface area contributed by atoms with Crippen molar-refractivity contribution in [2.45, 2.75) is 25.8 Å². The highest BCUT2D eigenvalue weighted by molar-refractivity contribution is 9.10. The van der Waals surface area contributed by atoms with Crippen molar-refractivity contribution in [1.29, 1.82) is 0 Å². The Morgan fingerprint density at radius 1 is 1.40 bits per heavy atom. The molecule has 1 nitrogen and oxygen atoms in total. The van der Waals surface area contributed by atoms with Gasteiger partial charge in [0, 0.05) is 16.9 Å². The zero-order valence-electron chi connectivity index (χ0n) is 8.21. The summed E-state index contributed by atoms with van der Waals surface area (Å²) in [6, 6.07) is 4.92. The number of aryl methyl sites for hydroxylation is 1. The maximum atomic E-state index is 12.1. The lowest BCUT2D eigenvalue weighted by atomic mass is 10.0. The minimum Gasteiger partial charge on any atom is -0.324 e. The van der Waals surface area contributed by atoms with Crippen molar-refractivity contribution in [1.82, 2.24) is 0 Å². The summed E-state index contributed by atoms with van der Waals surface area (Å²) in [7, 11) is 0. The second-order valence-corrected chi connectivity index (χ2v) is 4.11. The molecule has 5 heteroatoms. The van der Waals surface area contributed by atoms with Gasteiger partial charge in [0.2, 0.25) is 6.43 Å². The molecule has 0 spiro atoms. The molecule has 0 amide bonds. The number of halogens is 4. The van der Waals surface area contributed by atoms with Crippen molar-refractivity contribution in [3.05, 3.63) is 33.8 Å². The van der Waals surface area contributed by atoms with Gasteiger partial charge in [0.25, 0.3) is 0 Å². The van der Waals surface area contributed by atoms with Crippen LogP contribution >= 0.6 is 28.3 Å². The van der Waals surface area contributed by atoms with Gasteiger partial charge in [0.15, 0.2) is 0 Å². The van der Waals surface area contributed by atoms with E-state index in [1.54, 1.807) is 6.07 Å². The number of rotatable bonds is 3. The fourth-order valence-electron chi connectivity index (χ4n) is 1.25. The third-order valence-corrected chi connectivity index (χ3v) is 2.67. The van der Waals surface area contributed by atoms with Crippen LogP contribution in [0.1, 0.15) is 23.6 Å². The Bertz CT molecular complexity index is 320. The highest BCUT2D eigenvalue weighted by Gasteiger charge is 2.14. The van der Waals surface area contributed by atoms with Crippen molar-refractivity contribution in [3.63, 3.8) is 0 Å². The van der Waals surface area contributed by atoms with Gasteiger partial charge >= 0.3 is 0 Å². The maximum absolute atomic E-state index is 12.1. The topological polar surface area (TPSA) is 26.0 Å².